The number of hydrogen-bond donors (Lipinski definition) is 1. The lowest BCUT2D eigenvalue weighted by molar-refractivity contribution is 0.568. The van der Waals surface area contributed by atoms with Crippen LogP contribution in [0.25, 0.3) is 22.4 Å². The Kier molecular flexibility index (Phi) is 3.89. The van der Waals surface area contributed by atoms with E-state index in [2.05, 4.69) is 9.97 Å². The summed E-state index contributed by atoms with van der Waals surface area (Å²) in [4.78, 5) is 7.80. The summed E-state index contributed by atoms with van der Waals surface area (Å²) in [5.41, 5.74) is 2.57. The van der Waals surface area contributed by atoms with Crippen molar-refractivity contribution in [2.45, 2.75) is 4.90 Å². The normalized spacial score (nSPS) is 11.4. The Morgan fingerprint density at radius 1 is 1.00 bits per heavy atom. The van der Waals surface area contributed by atoms with Gasteiger partial charge < -0.3 is 0 Å². The van der Waals surface area contributed by atoms with Crippen LogP contribution in [0, 0.1) is 5.82 Å². The van der Waals surface area contributed by atoms with Crippen molar-refractivity contribution in [3.63, 3.8) is 0 Å². The molecule has 0 radical (unpaired) electrons. The van der Waals surface area contributed by atoms with E-state index in [1.54, 1.807) is 30.7 Å². The maximum Gasteiger partial charge on any atom is 0.240 e. The Morgan fingerprint density at radius 3 is 2.43 bits per heavy atom. The molecule has 0 atom stereocenters. The number of primary sulfonamides is 1. The molecule has 0 aliphatic heterocycles. The number of aromatic nitrogens is 2. The van der Waals surface area contributed by atoms with E-state index in [4.69, 9.17) is 5.14 Å². The van der Waals surface area contributed by atoms with E-state index in [1.807, 2.05) is 12.1 Å². The number of nitrogens with two attached hydrogens (primary N) is 1. The highest BCUT2D eigenvalue weighted by Gasteiger charge is 2.16. The van der Waals surface area contributed by atoms with Crippen molar-refractivity contribution in [1.29, 1.82) is 0 Å². The lowest BCUT2D eigenvalue weighted by Crippen LogP contribution is -2.14. The zero-order valence-corrected chi connectivity index (χ0v) is 12.7. The Balaban J connectivity index is 2.16. The summed E-state index contributed by atoms with van der Waals surface area (Å²) in [6, 6.07) is 11.0. The maximum absolute atomic E-state index is 14.1. The first kappa shape index (κ1) is 15.3. The van der Waals surface area contributed by atoms with E-state index >= 15 is 0 Å². The fourth-order valence-electron chi connectivity index (χ4n) is 2.27. The summed E-state index contributed by atoms with van der Waals surface area (Å²) in [7, 11) is -4.10. The summed E-state index contributed by atoms with van der Waals surface area (Å²) in [6.45, 7) is 0. The van der Waals surface area contributed by atoms with E-state index < -0.39 is 20.7 Å². The first-order valence-electron chi connectivity index (χ1n) is 6.65. The van der Waals surface area contributed by atoms with Crippen molar-refractivity contribution in [3.05, 3.63) is 66.9 Å². The van der Waals surface area contributed by atoms with Crippen molar-refractivity contribution in [1.82, 2.24) is 9.97 Å². The van der Waals surface area contributed by atoms with Gasteiger partial charge in [0.2, 0.25) is 10.0 Å². The van der Waals surface area contributed by atoms with Crippen LogP contribution in [-0.4, -0.2) is 18.4 Å². The van der Waals surface area contributed by atoms with Gasteiger partial charge in [-0.05, 0) is 24.3 Å². The van der Waals surface area contributed by atoms with Crippen molar-refractivity contribution in [3.8, 4) is 22.4 Å². The van der Waals surface area contributed by atoms with Gasteiger partial charge in [-0.1, -0.05) is 18.2 Å². The third-order valence-electron chi connectivity index (χ3n) is 3.29. The van der Waals surface area contributed by atoms with Gasteiger partial charge in [-0.2, -0.15) is 0 Å². The van der Waals surface area contributed by atoms with E-state index in [0.29, 0.717) is 11.3 Å². The summed E-state index contributed by atoms with van der Waals surface area (Å²) in [6.07, 6.45) is 4.91. The number of nitrogens with zero attached hydrogens (tertiary/aromatic N) is 2. The maximum atomic E-state index is 14.1. The number of halogens is 1. The molecule has 5 nitrogen and oxygen atoms in total. The van der Waals surface area contributed by atoms with Crippen LogP contribution in [0.15, 0.2) is 66.0 Å². The number of sulfonamides is 1. The van der Waals surface area contributed by atoms with Crippen LogP contribution in [0.4, 0.5) is 4.39 Å². The molecule has 0 aliphatic rings. The van der Waals surface area contributed by atoms with Gasteiger partial charge in [-0.25, -0.2) is 17.9 Å². The molecule has 0 saturated heterocycles. The Bertz CT molecular complexity index is 960. The fourth-order valence-corrected chi connectivity index (χ4v) is 2.86. The average molecular weight is 329 g/mol. The molecule has 2 N–H and O–H groups in total. The van der Waals surface area contributed by atoms with Crippen LogP contribution in [0.1, 0.15) is 0 Å². The van der Waals surface area contributed by atoms with E-state index in [0.717, 1.165) is 23.3 Å². The number of rotatable bonds is 3. The van der Waals surface area contributed by atoms with Crippen LogP contribution in [0.3, 0.4) is 0 Å². The lowest BCUT2D eigenvalue weighted by atomic mass is 10.0. The van der Waals surface area contributed by atoms with Gasteiger partial charge >= 0.3 is 0 Å². The molecule has 0 unspecified atom stereocenters. The third kappa shape index (κ3) is 3.10. The van der Waals surface area contributed by atoms with E-state index in [-0.39, 0.29) is 0 Å². The molecule has 0 amide bonds. The topological polar surface area (TPSA) is 85.9 Å². The van der Waals surface area contributed by atoms with Gasteiger partial charge in [0.05, 0.1) is 5.69 Å². The SMILES string of the molecule is NS(=O)(=O)c1ccc(-c2ncccc2-c2cccnc2)cc1F. The standard InChI is InChI=1S/C16H12FN3O2S/c17-14-9-11(5-6-15(14)23(18,21)22)16-13(4-2-8-20-16)12-3-1-7-19-10-12/h1-10H,(H2,18,21,22). The van der Waals surface area contributed by atoms with E-state index in [9.17, 15) is 12.8 Å². The van der Waals surface area contributed by atoms with Crippen LogP contribution in [0.2, 0.25) is 0 Å². The molecule has 0 aliphatic carbocycles. The summed E-state index contributed by atoms with van der Waals surface area (Å²) < 4.78 is 36.7. The van der Waals surface area contributed by atoms with Crippen LogP contribution >= 0.6 is 0 Å². The predicted octanol–water partition coefficient (Wildman–Crippen LogP) is 2.60. The molecule has 1 aromatic carbocycles. The first-order chi connectivity index (χ1) is 11.0. The molecule has 23 heavy (non-hydrogen) atoms. The number of pyridine rings is 2. The number of hydrogen-bond acceptors (Lipinski definition) is 4. The zero-order valence-electron chi connectivity index (χ0n) is 11.8. The molecule has 7 heteroatoms. The van der Waals surface area contributed by atoms with Crippen LogP contribution in [0.5, 0.6) is 0 Å². The predicted molar refractivity (Wildman–Crippen MR) is 84.2 cm³/mol. The van der Waals surface area contributed by atoms with Crippen LogP contribution in [-0.2, 0) is 10.0 Å². The molecule has 0 spiro atoms. The Labute approximate surface area is 132 Å². The van der Waals surface area contributed by atoms with Gasteiger partial charge in [-0.3, -0.25) is 9.97 Å². The Hall–Kier alpha value is -2.64. The van der Waals surface area contributed by atoms with Gasteiger partial charge in [-0.15, -0.1) is 0 Å². The minimum atomic E-state index is -4.10. The first-order valence-corrected chi connectivity index (χ1v) is 8.19. The molecule has 116 valence electrons. The molecular formula is C16H12FN3O2S. The highest BCUT2D eigenvalue weighted by Crippen LogP contribution is 2.30. The summed E-state index contributed by atoms with van der Waals surface area (Å²) in [5, 5.41) is 4.98. The minimum absolute atomic E-state index is 0.453. The van der Waals surface area contributed by atoms with Gasteiger partial charge in [0.15, 0.2) is 0 Å². The van der Waals surface area contributed by atoms with Gasteiger partial charge in [0.1, 0.15) is 10.7 Å². The van der Waals surface area contributed by atoms with Gasteiger partial charge in [0.25, 0.3) is 0 Å². The fraction of sp³-hybridized carbons (Fsp3) is 0. The molecule has 2 heterocycles. The smallest absolute Gasteiger partial charge is 0.240 e. The van der Waals surface area contributed by atoms with Crippen molar-refractivity contribution < 1.29 is 12.8 Å². The molecule has 3 rings (SSSR count). The summed E-state index contributed by atoms with van der Waals surface area (Å²) >= 11 is 0. The second-order valence-corrected chi connectivity index (χ2v) is 6.36. The molecule has 2 aromatic heterocycles. The zero-order chi connectivity index (χ0) is 16.4. The quantitative estimate of drug-likeness (QED) is 0.800. The van der Waals surface area contributed by atoms with Gasteiger partial charge in [0, 0.05) is 35.3 Å². The lowest BCUT2D eigenvalue weighted by Gasteiger charge is -2.09. The Morgan fingerprint density at radius 2 is 1.78 bits per heavy atom. The molecule has 0 fully saturated rings. The highest BCUT2D eigenvalue weighted by atomic mass is 32.2. The molecule has 0 saturated carbocycles. The van der Waals surface area contributed by atoms with Crippen molar-refractivity contribution in [2.75, 3.05) is 0 Å². The summed E-state index contributed by atoms with van der Waals surface area (Å²) in [5.74, 6) is -0.909. The molecule has 0 bridgehead atoms. The monoisotopic (exact) mass is 329 g/mol. The second kappa shape index (κ2) is 5.86. The second-order valence-electron chi connectivity index (χ2n) is 4.83. The highest BCUT2D eigenvalue weighted by molar-refractivity contribution is 7.89. The van der Waals surface area contributed by atoms with Crippen molar-refractivity contribution >= 4 is 10.0 Å². The number of benzene rings is 1. The van der Waals surface area contributed by atoms with Crippen LogP contribution < -0.4 is 5.14 Å². The largest absolute Gasteiger partial charge is 0.264 e. The molecule has 3 aromatic rings. The minimum Gasteiger partial charge on any atom is -0.264 e. The van der Waals surface area contributed by atoms with Crippen molar-refractivity contribution in [2.24, 2.45) is 5.14 Å². The van der Waals surface area contributed by atoms with E-state index in [1.165, 1.54) is 6.07 Å². The molecular weight excluding hydrogens is 317 g/mol. The third-order valence-corrected chi connectivity index (χ3v) is 4.24. The average Bonchev–Trinajstić information content (AvgIpc) is 2.54.